The van der Waals surface area contributed by atoms with Gasteiger partial charge in [0.15, 0.2) is 5.82 Å². The van der Waals surface area contributed by atoms with Crippen LogP contribution in [0, 0.1) is 0 Å². The molecule has 0 saturated heterocycles. The van der Waals surface area contributed by atoms with Gasteiger partial charge in [0.25, 0.3) is 0 Å². The Labute approximate surface area is 105 Å². The number of rotatable bonds is 3. The largest absolute Gasteiger partial charge is 0.492 e. The molecule has 2 heterocycles. The van der Waals surface area contributed by atoms with Crippen molar-refractivity contribution in [1.82, 2.24) is 10.1 Å². The first-order valence-electron chi connectivity index (χ1n) is 6.04. The smallest absolute Gasteiger partial charge is 0.228 e. The van der Waals surface area contributed by atoms with Crippen molar-refractivity contribution in [2.75, 3.05) is 6.61 Å². The molecule has 0 radical (unpaired) electrons. The lowest BCUT2D eigenvalue weighted by atomic mass is 10.0. The van der Waals surface area contributed by atoms with Crippen molar-refractivity contribution in [3.05, 3.63) is 41.5 Å². The average molecular weight is 245 g/mol. The first kappa shape index (κ1) is 11.2. The summed E-state index contributed by atoms with van der Waals surface area (Å²) in [5.74, 6) is 2.23. The van der Waals surface area contributed by atoms with Gasteiger partial charge >= 0.3 is 0 Å². The lowest BCUT2D eigenvalue weighted by Crippen LogP contribution is -2.18. The molecule has 2 unspecified atom stereocenters. The average Bonchev–Trinajstić information content (AvgIpc) is 2.94. The van der Waals surface area contributed by atoms with E-state index in [2.05, 4.69) is 10.1 Å². The van der Waals surface area contributed by atoms with Crippen LogP contribution in [0.5, 0.6) is 5.75 Å². The van der Waals surface area contributed by atoms with Gasteiger partial charge in [-0.25, -0.2) is 0 Å². The van der Waals surface area contributed by atoms with Crippen LogP contribution in [-0.4, -0.2) is 22.8 Å². The van der Waals surface area contributed by atoms with E-state index in [1.165, 1.54) is 0 Å². The molecule has 18 heavy (non-hydrogen) atoms. The number of nitrogens with two attached hydrogens (primary N) is 1. The molecule has 1 aliphatic rings. The first-order chi connectivity index (χ1) is 8.74. The lowest BCUT2D eigenvalue weighted by Gasteiger charge is -2.01. The van der Waals surface area contributed by atoms with E-state index in [9.17, 15) is 0 Å². The summed E-state index contributed by atoms with van der Waals surface area (Å²) >= 11 is 0. The molecule has 1 aromatic carbocycles. The van der Waals surface area contributed by atoms with E-state index in [0.717, 1.165) is 11.3 Å². The van der Waals surface area contributed by atoms with Gasteiger partial charge in [0.1, 0.15) is 12.4 Å². The third-order valence-corrected chi connectivity index (χ3v) is 2.99. The molecule has 3 rings (SSSR count). The van der Waals surface area contributed by atoms with Crippen LogP contribution in [-0.2, 0) is 6.42 Å². The second-order valence-corrected chi connectivity index (χ2v) is 4.63. The van der Waals surface area contributed by atoms with Crippen LogP contribution in [0.4, 0.5) is 0 Å². The quantitative estimate of drug-likeness (QED) is 0.886. The number of ether oxygens (including phenoxy) is 1. The van der Waals surface area contributed by atoms with Gasteiger partial charge in [-0.15, -0.1) is 0 Å². The summed E-state index contributed by atoms with van der Waals surface area (Å²) in [5.41, 5.74) is 6.83. The molecule has 0 fully saturated rings. The summed E-state index contributed by atoms with van der Waals surface area (Å²) in [5, 5.41) is 4.03. The number of hydrogen-bond donors (Lipinski definition) is 1. The van der Waals surface area contributed by atoms with E-state index in [0.29, 0.717) is 24.7 Å². The van der Waals surface area contributed by atoms with Crippen LogP contribution in [0.25, 0.3) is 0 Å². The Hall–Kier alpha value is -1.88. The predicted octanol–water partition coefficient (Wildman–Crippen LogP) is 1.48. The van der Waals surface area contributed by atoms with Crippen molar-refractivity contribution in [3.8, 4) is 5.75 Å². The molecule has 2 aromatic rings. The highest BCUT2D eigenvalue weighted by Crippen LogP contribution is 2.36. The van der Waals surface area contributed by atoms with Gasteiger partial charge in [-0.3, -0.25) is 0 Å². The molecule has 0 aliphatic carbocycles. The maximum Gasteiger partial charge on any atom is 0.228 e. The summed E-state index contributed by atoms with van der Waals surface area (Å²) in [6, 6.07) is 7.96. The zero-order valence-electron chi connectivity index (χ0n) is 10.2. The molecule has 2 N–H and O–H groups in total. The van der Waals surface area contributed by atoms with Crippen molar-refractivity contribution >= 4 is 0 Å². The standard InChI is InChI=1S/C13H15N3O2/c1-8(14)6-12-15-13(16-18-12)10-7-17-11-5-3-2-4-9(10)11/h2-5,8,10H,6-7,14H2,1H3. The molecule has 94 valence electrons. The third-order valence-electron chi connectivity index (χ3n) is 2.99. The van der Waals surface area contributed by atoms with Gasteiger partial charge in [0, 0.05) is 18.0 Å². The minimum Gasteiger partial charge on any atom is -0.492 e. The Balaban J connectivity index is 1.86. The summed E-state index contributed by atoms with van der Waals surface area (Å²) in [6.45, 7) is 2.48. The highest BCUT2D eigenvalue weighted by Gasteiger charge is 2.29. The second kappa shape index (κ2) is 4.42. The van der Waals surface area contributed by atoms with Crippen LogP contribution >= 0.6 is 0 Å². The molecule has 1 aromatic heterocycles. The summed E-state index contributed by atoms with van der Waals surface area (Å²) in [6.07, 6.45) is 0.599. The summed E-state index contributed by atoms with van der Waals surface area (Å²) < 4.78 is 10.8. The molecule has 0 saturated carbocycles. The Morgan fingerprint density at radius 3 is 3.11 bits per heavy atom. The van der Waals surface area contributed by atoms with Gasteiger partial charge in [-0.2, -0.15) is 4.98 Å². The normalized spacial score (nSPS) is 19.3. The topological polar surface area (TPSA) is 74.2 Å². The summed E-state index contributed by atoms with van der Waals surface area (Å²) in [7, 11) is 0. The Morgan fingerprint density at radius 2 is 2.28 bits per heavy atom. The lowest BCUT2D eigenvalue weighted by molar-refractivity contribution is 0.331. The van der Waals surface area contributed by atoms with Crippen LogP contribution in [0.1, 0.15) is 30.1 Å². The molecule has 2 atom stereocenters. The van der Waals surface area contributed by atoms with Gasteiger partial charge in [0.2, 0.25) is 5.89 Å². The zero-order valence-corrected chi connectivity index (χ0v) is 10.2. The van der Waals surface area contributed by atoms with Crippen molar-refractivity contribution in [2.45, 2.75) is 25.3 Å². The fourth-order valence-electron chi connectivity index (χ4n) is 2.14. The van der Waals surface area contributed by atoms with Crippen molar-refractivity contribution in [1.29, 1.82) is 0 Å². The zero-order chi connectivity index (χ0) is 12.5. The summed E-state index contributed by atoms with van der Waals surface area (Å²) in [4.78, 5) is 4.39. The minimum absolute atomic E-state index is 0.0189. The number of aromatic nitrogens is 2. The van der Waals surface area contributed by atoms with E-state index in [1.807, 2.05) is 31.2 Å². The van der Waals surface area contributed by atoms with E-state index in [4.69, 9.17) is 15.0 Å². The highest BCUT2D eigenvalue weighted by atomic mass is 16.5. The number of hydrogen-bond acceptors (Lipinski definition) is 5. The molecular weight excluding hydrogens is 230 g/mol. The molecule has 5 heteroatoms. The van der Waals surface area contributed by atoms with Crippen molar-refractivity contribution in [2.24, 2.45) is 5.73 Å². The number of para-hydroxylation sites is 1. The molecule has 5 nitrogen and oxygen atoms in total. The SMILES string of the molecule is CC(N)Cc1nc(C2COc3ccccc32)no1. The number of nitrogens with zero attached hydrogens (tertiary/aromatic N) is 2. The van der Waals surface area contributed by atoms with E-state index >= 15 is 0 Å². The molecule has 0 bridgehead atoms. The van der Waals surface area contributed by atoms with Crippen LogP contribution in [0.2, 0.25) is 0 Å². The maximum atomic E-state index is 5.71. The highest BCUT2D eigenvalue weighted by molar-refractivity contribution is 5.42. The second-order valence-electron chi connectivity index (χ2n) is 4.63. The Kier molecular flexibility index (Phi) is 2.76. The van der Waals surface area contributed by atoms with E-state index < -0.39 is 0 Å². The van der Waals surface area contributed by atoms with Crippen LogP contribution in [0.15, 0.2) is 28.8 Å². The van der Waals surface area contributed by atoms with Crippen molar-refractivity contribution in [3.63, 3.8) is 0 Å². The number of fused-ring (bicyclic) bond motifs is 1. The van der Waals surface area contributed by atoms with E-state index in [-0.39, 0.29) is 12.0 Å². The fourth-order valence-corrected chi connectivity index (χ4v) is 2.14. The van der Waals surface area contributed by atoms with Crippen LogP contribution < -0.4 is 10.5 Å². The first-order valence-corrected chi connectivity index (χ1v) is 6.04. The van der Waals surface area contributed by atoms with Gasteiger partial charge in [-0.1, -0.05) is 23.4 Å². The third kappa shape index (κ3) is 1.97. The minimum atomic E-state index is 0.0189. The monoisotopic (exact) mass is 245 g/mol. The fraction of sp³-hybridized carbons (Fsp3) is 0.385. The van der Waals surface area contributed by atoms with Gasteiger partial charge in [0.05, 0.1) is 5.92 Å². The van der Waals surface area contributed by atoms with Gasteiger partial charge < -0.3 is 15.0 Å². The maximum absolute atomic E-state index is 5.71. The molecule has 1 aliphatic heterocycles. The van der Waals surface area contributed by atoms with Crippen LogP contribution in [0.3, 0.4) is 0 Å². The predicted molar refractivity (Wildman–Crippen MR) is 65.4 cm³/mol. The Morgan fingerprint density at radius 1 is 1.44 bits per heavy atom. The molecule has 0 amide bonds. The van der Waals surface area contributed by atoms with Gasteiger partial charge in [-0.05, 0) is 13.0 Å². The molecule has 0 spiro atoms. The number of benzene rings is 1. The van der Waals surface area contributed by atoms with Crippen molar-refractivity contribution < 1.29 is 9.26 Å². The van der Waals surface area contributed by atoms with E-state index in [1.54, 1.807) is 0 Å². The Bertz CT molecular complexity index is 551. The molecular formula is C13H15N3O2.